The molecule has 0 radical (unpaired) electrons. The van der Waals surface area contributed by atoms with Gasteiger partial charge in [-0.15, -0.1) is 0 Å². The van der Waals surface area contributed by atoms with Crippen molar-refractivity contribution < 1.29 is 13.2 Å². The summed E-state index contributed by atoms with van der Waals surface area (Å²) in [6.07, 6.45) is 3.05. The first kappa shape index (κ1) is 14.2. The van der Waals surface area contributed by atoms with Crippen molar-refractivity contribution in [3.8, 4) is 0 Å². The fourth-order valence-corrected chi connectivity index (χ4v) is 2.88. The van der Waals surface area contributed by atoms with Crippen LogP contribution in [0, 0.1) is 0 Å². The third kappa shape index (κ3) is 2.70. The minimum absolute atomic E-state index is 0.102. The van der Waals surface area contributed by atoms with Gasteiger partial charge in [-0.1, -0.05) is 12.1 Å². The number of ketones is 1. The maximum atomic E-state index is 12.4. The molecule has 0 fully saturated rings. The first-order valence-electron chi connectivity index (χ1n) is 5.93. The maximum absolute atomic E-state index is 12.4. The zero-order chi connectivity index (χ0) is 14.8. The van der Waals surface area contributed by atoms with Crippen molar-refractivity contribution in [2.75, 3.05) is 11.4 Å². The molecule has 0 N–H and O–H groups in total. The summed E-state index contributed by atoms with van der Waals surface area (Å²) in [4.78, 5) is 15.2. The first-order valence-corrected chi connectivity index (χ1v) is 7.37. The molecule has 2 aromatic rings. The summed E-state index contributed by atoms with van der Waals surface area (Å²) in [5.74, 6) is -0.102. The number of Topliss-reactive ketones (excluding diaryl/α,β-unsaturated/α-hetero) is 1. The lowest BCUT2D eigenvalue weighted by atomic mass is 10.2. The van der Waals surface area contributed by atoms with Crippen molar-refractivity contribution >= 4 is 21.5 Å². The Kier molecular flexibility index (Phi) is 3.85. The molecule has 2 rings (SSSR count). The van der Waals surface area contributed by atoms with E-state index >= 15 is 0 Å². The highest BCUT2D eigenvalue weighted by Crippen LogP contribution is 2.21. The number of rotatable bonds is 4. The largest absolute Gasteiger partial charge is 0.295 e. The van der Waals surface area contributed by atoms with Gasteiger partial charge in [0.15, 0.2) is 5.78 Å². The Morgan fingerprint density at radius 3 is 2.30 bits per heavy atom. The van der Waals surface area contributed by atoms with Gasteiger partial charge in [-0.05, 0) is 31.2 Å². The van der Waals surface area contributed by atoms with Gasteiger partial charge < -0.3 is 0 Å². The summed E-state index contributed by atoms with van der Waals surface area (Å²) in [5.41, 5.74) is 0.955. The molecule has 0 unspecified atom stereocenters. The number of hydrogen-bond donors (Lipinski definition) is 0. The van der Waals surface area contributed by atoms with Crippen molar-refractivity contribution in [2.24, 2.45) is 0 Å². The minimum atomic E-state index is -3.65. The van der Waals surface area contributed by atoms with E-state index in [1.807, 2.05) is 0 Å². The predicted octanol–water partition coefficient (Wildman–Crippen LogP) is 2.11. The Morgan fingerprint density at radius 1 is 1.15 bits per heavy atom. The lowest BCUT2D eigenvalue weighted by molar-refractivity contribution is 0.101. The van der Waals surface area contributed by atoms with Crippen molar-refractivity contribution in [3.05, 3.63) is 54.4 Å². The topological polar surface area (TPSA) is 67.3 Å². The second kappa shape index (κ2) is 5.42. The van der Waals surface area contributed by atoms with Crippen molar-refractivity contribution in [3.63, 3.8) is 0 Å². The molecule has 0 bridgehead atoms. The second-order valence-corrected chi connectivity index (χ2v) is 6.23. The average molecular weight is 290 g/mol. The van der Waals surface area contributed by atoms with Crippen LogP contribution in [-0.2, 0) is 10.0 Å². The fraction of sp³-hybridized carbons (Fsp3) is 0.143. The van der Waals surface area contributed by atoms with Gasteiger partial charge in [-0.2, -0.15) is 0 Å². The molecular weight excluding hydrogens is 276 g/mol. The van der Waals surface area contributed by atoms with Crippen LogP contribution in [0.1, 0.15) is 17.3 Å². The number of benzene rings is 1. The summed E-state index contributed by atoms with van der Waals surface area (Å²) in [6, 6.07) is 9.20. The van der Waals surface area contributed by atoms with E-state index in [1.165, 1.54) is 44.4 Å². The molecular formula is C14H14N2O3S. The maximum Gasteiger partial charge on any atom is 0.264 e. The van der Waals surface area contributed by atoms with Crippen LogP contribution in [0.3, 0.4) is 0 Å². The van der Waals surface area contributed by atoms with E-state index in [9.17, 15) is 13.2 Å². The molecule has 0 aliphatic heterocycles. The molecule has 1 aromatic heterocycles. The molecule has 0 atom stereocenters. The van der Waals surface area contributed by atoms with Gasteiger partial charge in [0.2, 0.25) is 0 Å². The van der Waals surface area contributed by atoms with Crippen molar-refractivity contribution in [2.45, 2.75) is 11.8 Å². The Hall–Kier alpha value is -2.21. The lowest BCUT2D eigenvalue weighted by Gasteiger charge is -2.19. The Bertz CT molecular complexity index is 710. The zero-order valence-corrected chi connectivity index (χ0v) is 12.0. The van der Waals surface area contributed by atoms with Crippen LogP contribution in [-0.4, -0.2) is 26.2 Å². The number of carbonyl (C=O) groups is 1. The van der Waals surface area contributed by atoms with Crippen LogP contribution in [0.2, 0.25) is 0 Å². The highest BCUT2D eigenvalue weighted by Gasteiger charge is 2.21. The molecule has 6 heteroatoms. The monoisotopic (exact) mass is 290 g/mol. The lowest BCUT2D eigenvalue weighted by Crippen LogP contribution is -2.26. The quantitative estimate of drug-likeness (QED) is 0.809. The Morgan fingerprint density at radius 2 is 1.80 bits per heavy atom. The standard InChI is InChI=1S/C14H14N2O3S/c1-11(17)12-5-7-14(8-6-12)20(18,19)16(2)13-4-3-9-15-10-13/h3-10H,1-2H3. The normalized spacial score (nSPS) is 11.1. The third-order valence-electron chi connectivity index (χ3n) is 2.93. The van der Waals surface area contributed by atoms with Gasteiger partial charge >= 0.3 is 0 Å². The highest BCUT2D eigenvalue weighted by atomic mass is 32.2. The van der Waals surface area contributed by atoms with Gasteiger partial charge in [-0.3, -0.25) is 14.1 Å². The van der Waals surface area contributed by atoms with Crippen LogP contribution in [0.15, 0.2) is 53.7 Å². The van der Waals surface area contributed by atoms with Gasteiger partial charge in [0, 0.05) is 18.8 Å². The molecule has 0 aliphatic carbocycles. The van der Waals surface area contributed by atoms with Crippen molar-refractivity contribution in [1.29, 1.82) is 0 Å². The first-order chi connectivity index (χ1) is 9.43. The Labute approximate surface area is 117 Å². The van der Waals surface area contributed by atoms with Crippen LogP contribution < -0.4 is 4.31 Å². The number of nitrogens with zero attached hydrogens (tertiary/aromatic N) is 2. The van der Waals surface area contributed by atoms with E-state index in [0.29, 0.717) is 11.3 Å². The summed E-state index contributed by atoms with van der Waals surface area (Å²) < 4.78 is 26.0. The summed E-state index contributed by atoms with van der Waals surface area (Å²) >= 11 is 0. The van der Waals surface area contributed by atoms with E-state index in [4.69, 9.17) is 0 Å². The molecule has 0 spiro atoms. The summed E-state index contributed by atoms with van der Waals surface area (Å²) in [6.45, 7) is 1.44. The van der Waals surface area contributed by atoms with E-state index in [1.54, 1.807) is 18.3 Å². The minimum Gasteiger partial charge on any atom is -0.295 e. The van der Waals surface area contributed by atoms with E-state index in [2.05, 4.69) is 4.98 Å². The Balaban J connectivity index is 2.37. The third-order valence-corrected chi connectivity index (χ3v) is 4.73. The zero-order valence-electron chi connectivity index (χ0n) is 11.1. The predicted molar refractivity (Wildman–Crippen MR) is 76.3 cm³/mol. The van der Waals surface area contributed by atoms with E-state index in [-0.39, 0.29) is 10.7 Å². The fourth-order valence-electron chi connectivity index (χ4n) is 1.70. The average Bonchev–Trinajstić information content (AvgIpc) is 2.47. The second-order valence-electron chi connectivity index (χ2n) is 4.26. The number of sulfonamides is 1. The molecule has 0 saturated heterocycles. The number of hydrogen-bond acceptors (Lipinski definition) is 4. The van der Waals surface area contributed by atoms with Gasteiger partial charge in [-0.25, -0.2) is 8.42 Å². The summed E-state index contributed by atoms with van der Waals surface area (Å²) in [5, 5.41) is 0. The molecule has 1 aromatic carbocycles. The number of pyridine rings is 1. The van der Waals surface area contributed by atoms with Crippen molar-refractivity contribution in [1.82, 2.24) is 4.98 Å². The highest BCUT2D eigenvalue weighted by molar-refractivity contribution is 7.92. The molecule has 20 heavy (non-hydrogen) atoms. The van der Waals surface area contributed by atoms with E-state index in [0.717, 1.165) is 4.31 Å². The molecule has 5 nitrogen and oxygen atoms in total. The molecule has 0 aliphatic rings. The van der Waals surface area contributed by atoms with Crippen LogP contribution >= 0.6 is 0 Å². The molecule has 104 valence electrons. The molecule has 1 heterocycles. The van der Waals surface area contributed by atoms with E-state index < -0.39 is 10.0 Å². The van der Waals surface area contributed by atoms with Gasteiger partial charge in [0.1, 0.15) is 0 Å². The smallest absolute Gasteiger partial charge is 0.264 e. The van der Waals surface area contributed by atoms with Gasteiger partial charge in [0.05, 0.1) is 16.8 Å². The SMILES string of the molecule is CC(=O)c1ccc(S(=O)(=O)N(C)c2cccnc2)cc1. The summed E-state index contributed by atoms with van der Waals surface area (Å²) in [7, 11) is -2.19. The number of carbonyl (C=O) groups excluding carboxylic acids is 1. The number of aromatic nitrogens is 1. The molecule has 0 amide bonds. The number of anilines is 1. The van der Waals surface area contributed by atoms with Crippen LogP contribution in [0.5, 0.6) is 0 Å². The van der Waals surface area contributed by atoms with Crippen LogP contribution in [0.4, 0.5) is 5.69 Å². The van der Waals surface area contributed by atoms with Crippen LogP contribution in [0.25, 0.3) is 0 Å². The van der Waals surface area contributed by atoms with Gasteiger partial charge in [0.25, 0.3) is 10.0 Å². The molecule has 0 saturated carbocycles.